The molecule has 27 heteroatoms. The van der Waals surface area contributed by atoms with Gasteiger partial charge in [-0.25, -0.2) is 14.2 Å². The molecule has 3 rings (SSSR count). The summed E-state index contributed by atoms with van der Waals surface area (Å²) >= 11 is 0. The molecule has 2 atom stereocenters. The highest BCUT2D eigenvalue weighted by Crippen LogP contribution is 2.46. The Bertz CT molecular complexity index is 2270. The van der Waals surface area contributed by atoms with Gasteiger partial charge in [0, 0.05) is 52.4 Å². The Morgan fingerprint density at radius 3 is 1.38 bits per heavy atom. The van der Waals surface area contributed by atoms with Gasteiger partial charge >= 0.3 is 49.6 Å². The number of carbonyl (C=O) groups is 9. The molecule has 0 spiro atoms. The number of aliphatic carboxylic acids is 7. The molecule has 2 aromatic rings. The standard InChI is InChI=1S/C45H63N6O20P/c1-27-17-30(4)41(31(5)18-27)32-19-29(3)34(20-28(32)2)71-72(68,69)70-16-6-7-33(43(62)63)48-12-8-46(21-35(52)50(23-37(54)55)24-38(56)57)10-14-49(42(44(64)65)45(66)67)15-11-47(9-13-48)22-36(53)51(25-39(58)59)26-40(60)61/h17-20,33,42H,6-16,21-26H2,1-5H3,(H,54,55)(H,56,57)(H,58,59)(H,60,61)(H,62,63)(H,64,65)(H,66,67)(H,68,69)/t33-/m1/s1. The maximum absolute atomic E-state index is 13.4. The SMILES string of the molecule is Cc1cc(C)c(-c2cc(C)c(OP(=O)(O)OCCC[C@H](C(=O)O)N3CCN(CC(=O)N(CC(=O)O)CC(=O)O)CCN(C(C(=O)O)C(=O)O)CCN(CC(=O)N(CC(=O)O)CC(=O)O)CC3)cc2C)c(C)c1. The molecule has 398 valence electrons. The third-order valence-electron chi connectivity index (χ3n) is 11.7. The van der Waals surface area contributed by atoms with Crippen LogP contribution in [0.4, 0.5) is 0 Å². The highest BCUT2D eigenvalue weighted by molar-refractivity contribution is 7.47. The van der Waals surface area contributed by atoms with Crippen LogP contribution in [-0.2, 0) is 52.2 Å². The third kappa shape index (κ3) is 18.9. The van der Waals surface area contributed by atoms with Gasteiger partial charge in [-0.3, -0.25) is 62.6 Å². The van der Waals surface area contributed by atoms with Crippen molar-refractivity contribution >= 4 is 61.4 Å². The van der Waals surface area contributed by atoms with Crippen molar-refractivity contribution in [1.82, 2.24) is 29.4 Å². The van der Waals surface area contributed by atoms with Crippen LogP contribution in [-0.4, -0.2) is 234 Å². The molecule has 0 aliphatic carbocycles. The third-order valence-corrected chi connectivity index (χ3v) is 12.6. The van der Waals surface area contributed by atoms with Crippen LogP contribution in [0.2, 0.25) is 0 Å². The number of benzene rings is 2. The van der Waals surface area contributed by atoms with Crippen LogP contribution in [0.25, 0.3) is 11.1 Å². The summed E-state index contributed by atoms with van der Waals surface area (Å²) in [5, 5.41) is 67.9. The lowest BCUT2D eigenvalue weighted by molar-refractivity contribution is -0.157. The molecule has 1 saturated heterocycles. The van der Waals surface area contributed by atoms with Gasteiger partial charge in [-0.1, -0.05) is 17.7 Å². The summed E-state index contributed by atoms with van der Waals surface area (Å²) in [6.07, 6.45) is -0.411. The quantitative estimate of drug-likeness (QED) is 0.0378. The van der Waals surface area contributed by atoms with Crippen LogP contribution >= 0.6 is 7.82 Å². The smallest absolute Gasteiger partial charge is 0.480 e. The number of hydrogen-bond acceptors (Lipinski definition) is 16. The van der Waals surface area contributed by atoms with E-state index in [2.05, 4.69) is 12.1 Å². The number of carboxylic acids is 7. The molecule has 2 aromatic carbocycles. The Hall–Kier alpha value is -6.54. The Morgan fingerprint density at radius 2 is 0.986 bits per heavy atom. The van der Waals surface area contributed by atoms with E-state index in [1.807, 2.05) is 33.8 Å². The molecule has 1 heterocycles. The summed E-state index contributed by atoms with van der Waals surface area (Å²) in [6.45, 7) is 0.983. The molecule has 0 aromatic heterocycles. The van der Waals surface area contributed by atoms with Crippen molar-refractivity contribution in [3.8, 4) is 16.9 Å². The van der Waals surface area contributed by atoms with Crippen molar-refractivity contribution in [2.75, 3.05) is 98.2 Å². The summed E-state index contributed by atoms with van der Waals surface area (Å²) in [7, 11) is -4.81. The van der Waals surface area contributed by atoms with Crippen molar-refractivity contribution in [3.05, 3.63) is 52.1 Å². The molecule has 0 bridgehead atoms. The summed E-state index contributed by atoms with van der Waals surface area (Å²) in [4.78, 5) is 127. The average Bonchev–Trinajstić information content (AvgIpc) is 3.23. The topological polar surface area (TPSA) is 370 Å². The normalized spacial score (nSPS) is 15.8. The van der Waals surface area contributed by atoms with Crippen LogP contribution in [0.1, 0.15) is 40.7 Å². The Labute approximate surface area is 414 Å². The molecule has 0 radical (unpaired) electrons. The largest absolute Gasteiger partial charge is 0.527 e. The number of rotatable bonds is 25. The fourth-order valence-corrected chi connectivity index (χ4v) is 9.22. The molecule has 1 fully saturated rings. The monoisotopic (exact) mass is 1040 g/mol. The van der Waals surface area contributed by atoms with E-state index in [0.717, 1.165) is 38.3 Å². The minimum Gasteiger partial charge on any atom is -0.480 e. The lowest BCUT2D eigenvalue weighted by Crippen LogP contribution is -2.56. The summed E-state index contributed by atoms with van der Waals surface area (Å²) in [5.41, 5.74) is 6.38. The molecule has 72 heavy (non-hydrogen) atoms. The number of amides is 2. The van der Waals surface area contributed by atoms with Crippen LogP contribution < -0.4 is 4.52 Å². The number of nitrogens with zero attached hydrogens (tertiary/aromatic N) is 6. The van der Waals surface area contributed by atoms with E-state index >= 15 is 0 Å². The van der Waals surface area contributed by atoms with E-state index in [1.54, 1.807) is 13.0 Å². The molecule has 2 amide bonds. The van der Waals surface area contributed by atoms with Crippen molar-refractivity contribution in [3.63, 3.8) is 0 Å². The van der Waals surface area contributed by atoms with Gasteiger partial charge in [0.2, 0.25) is 17.9 Å². The van der Waals surface area contributed by atoms with E-state index in [1.165, 1.54) is 14.7 Å². The second-order valence-corrected chi connectivity index (χ2v) is 18.8. The van der Waals surface area contributed by atoms with Crippen LogP contribution in [0.5, 0.6) is 5.75 Å². The van der Waals surface area contributed by atoms with Crippen LogP contribution in [0.3, 0.4) is 0 Å². The van der Waals surface area contributed by atoms with E-state index in [9.17, 15) is 88.4 Å². The minimum absolute atomic E-state index is 0.0750. The molecule has 0 saturated carbocycles. The number of aryl methyl sites for hydroxylation is 5. The van der Waals surface area contributed by atoms with Gasteiger partial charge in [0.05, 0.1) is 19.7 Å². The summed E-state index contributed by atoms with van der Waals surface area (Å²) < 4.78 is 24.0. The van der Waals surface area contributed by atoms with Crippen LogP contribution in [0.15, 0.2) is 24.3 Å². The van der Waals surface area contributed by atoms with E-state index in [-0.39, 0.29) is 57.9 Å². The highest BCUT2D eigenvalue weighted by Gasteiger charge is 2.36. The first-order chi connectivity index (χ1) is 33.6. The minimum atomic E-state index is -4.81. The van der Waals surface area contributed by atoms with Gasteiger partial charge in [0.25, 0.3) is 0 Å². The predicted molar refractivity (Wildman–Crippen MR) is 251 cm³/mol. The lowest BCUT2D eigenvalue weighted by atomic mass is 9.90. The Morgan fingerprint density at radius 1 is 0.569 bits per heavy atom. The second kappa shape index (κ2) is 27.3. The number of hydrogen-bond donors (Lipinski definition) is 8. The zero-order valence-corrected chi connectivity index (χ0v) is 41.5. The first kappa shape index (κ1) is 59.8. The maximum atomic E-state index is 13.4. The van der Waals surface area contributed by atoms with Crippen LogP contribution in [0, 0.1) is 34.6 Å². The summed E-state index contributed by atoms with van der Waals surface area (Å²) in [5.74, 6) is -13.1. The van der Waals surface area contributed by atoms with Gasteiger partial charge in [-0.05, 0) is 93.0 Å². The second-order valence-electron chi connectivity index (χ2n) is 17.4. The van der Waals surface area contributed by atoms with E-state index in [4.69, 9.17) is 9.05 Å². The first-order valence-corrected chi connectivity index (χ1v) is 24.0. The van der Waals surface area contributed by atoms with Gasteiger partial charge < -0.3 is 50.1 Å². The molecule has 26 nitrogen and oxygen atoms in total. The Kier molecular flexibility index (Phi) is 22.7. The van der Waals surface area contributed by atoms with E-state index in [0.29, 0.717) is 15.4 Å². The molecule has 1 aliphatic rings. The lowest BCUT2D eigenvalue weighted by Gasteiger charge is -2.37. The number of carboxylic acid groups (broad SMARTS) is 7. The van der Waals surface area contributed by atoms with Crippen molar-refractivity contribution in [1.29, 1.82) is 0 Å². The maximum Gasteiger partial charge on any atom is 0.527 e. The predicted octanol–water partition coefficient (Wildman–Crippen LogP) is 0.380. The first-order valence-electron chi connectivity index (χ1n) is 22.5. The van der Waals surface area contributed by atoms with Gasteiger partial charge in [0.1, 0.15) is 38.0 Å². The molecule has 1 aliphatic heterocycles. The summed E-state index contributed by atoms with van der Waals surface area (Å²) in [6, 6.07) is 3.92. The fraction of sp³-hybridized carbons (Fsp3) is 0.533. The molecule has 1 unspecified atom stereocenters. The Balaban J connectivity index is 1.95. The van der Waals surface area contributed by atoms with Crippen molar-refractivity contribution in [2.45, 2.75) is 59.5 Å². The number of phosphoric ester groups is 1. The average molecular weight is 1040 g/mol. The van der Waals surface area contributed by atoms with Gasteiger partial charge in [-0.15, -0.1) is 0 Å². The van der Waals surface area contributed by atoms with Crippen molar-refractivity contribution in [2.24, 2.45) is 0 Å². The highest BCUT2D eigenvalue weighted by atomic mass is 31.2. The zero-order chi connectivity index (χ0) is 54.2. The number of carbonyl (C=O) groups excluding carboxylic acids is 2. The zero-order valence-electron chi connectivity index (χ0n) is 40.6. The molecular weight excluding hydrogens is 975 g/mol. The fourth-order valence-electron chi connectivity index (χ4n) is 8.36. The molecule has 8 N–H and O–H groups in total. The van der Waals surface area contributed by atoms with E-state index < -0.39 is 132 Å². The van der Waals surface area contributed by atoms with Gasteiger partial charge in [0.15, 0.2) is 0 Å². The van der Waals surface area contributed by atoms with Crippen molar-refractivity contribution < 1.29 is 97.4 Å². The number of phosphoric acid groups is 1. The van der Waals surface area contributed by atoms with Gasteiger partial charge in [-0.2, -0.15) is 0 Å². The molecular formula is C45H63N6O20P.